The molecule has 4 rings (SSSR count). The molecular formula is C34H34ClFN2O3. The molecule has 41 heavy (non-hydrogen) atoms. The van der Waals surface area contributed by atoms with Crippen molar-refractivity contribution in [3.05, 3.63) is 142 Å². The zero-order valence-electron chi connectivity index (χ0n) is 23.2. The van der Waals surface area contributed by atoms with Crippen molar-refractivity contribution >= 4 is 23.5 Å². The van der Waals surface area contributed by atoms with Crippen molar-refractivity contribution in [1.82, 2.24) is 4.90 Å². The van der Waals surface area contributed by atoms with Crippen LogP contribution in [-0.4, -0.2) is 36.4 Å². The van der Waals surface area contributed by atoms with Crippen molar-refractivity contribution in [2.24, 2.45) is 11.7 Å². The van der Waals surface area contributed by atoms with E-state index in [9.17, 15) is 14.0 Å². The average molecular weight is 573 g/mol. The highest BCUT2D eigenvalue weighted by Crippen LogP contribution is 2.44. The Bertz CT molecular complexity index is 1430. The van der Waals surface area contributed by atoms with Crippen LogP contribution >= 0.6 is 11.6 Å². The van der Waals surface area contributed by atoms with Crippen LogP contribution in [0.3, 0.4) is 0 Å². The number of likely N-dealkylation sites (N-methyl/N-ethyl adjacent to an activating group) is 1. The van der Waals surface area contributed by atoms with Crippen LogP contribution in [0.25, 0.3) is 0 Å². The first kappa shape index (κ1) is 30.0. The topological polar surface area (TPSA) is 72.6 Å². The molecule has 1 amide bonds. The molecular weight excluding hydrogens is 539 g/mol. The highest BCUT2D eigenvalue weighted by molar-refractivity contribution is 6.31. The van der Waals surface area contributed by atoms with Gasteiger partial charge in [0.2, 0.25) is 5.91 Å². The molecule has 212 valence electrons. The summed E-state index contributed by atoms with van der Waals surface area (Å²) in [5.74, 6) is -2.26. The van der Waals surface area contributed by atoms with E-state index in [1.54, 1.807) is 31.3 Å². The third-order valence-corrected chi connectivity index (χ3v) is 7.75. The molecule has 0 saturated heterocycles. The molecule has 0 heterocycles. The van der Waals surface area contributed by atoms with Gasteiger partial charge in [0.25, 0.3) is 0 Å². The number of halogens is 2. The zero-order chi connectivity index (χ0) is 29.4. The monoisotopic (exact) mass is 572 g/mol. The van der Waals surface area contributed by atoms with Crippen LogP contribution in [0.5, 0.6) is 0 Å². The quantitative estimate of drug-likeness (QED) is 0.167. The van der Waals surface area contributed by atoms with E-state index in [-0.39, 0.29) is 31.3 Å². The number of esters is 1. The predicted molar refractivity (Wildman–Crippen MR) is 160 cm³/mol. The van der Waals surface area contributed by atoms with Gasteiger partial charge in [-0.3, -0.25) is 9.59 Å². The van der Waals surface area contributed by atoms with Crippen molar-refractivity contribution in [2.45, 2.75) is 31.4 Å². The number of ether oxygens (including phenoxy) is 1. The Morgan fingerprint density at radius 1 is 0.878 bits per heavy atom. The van der Waals surface area contributed by atoms with Crippen LogP contribution in [0.4, 0.5) is 4.39 Å². The van der Waals surface area contributed by atoms with Crippen LogP contribution in [0.1, 0.15) is 35.6 Å². The summed E-state index contributed by atoms with van der Waals surface area (Å²) in [5.41, 5.74) is 6.73. The third-order valence-electron chi connectivity index (χ3n) is 7.42. The minimum Gasteiger partial charge on any atom is -0.444 e. The Labute approximate surface area is 245 Å². The molecule has 7 heteroatoms. The largest absolute Gasteiger partial charge is 0.444 e. The molecule has 5 nitrogen and oxygen atoms in total. The van der Waals surface area contributed by atoms with Crippen molar-refractivity contribution in [1.29, 1.82) is 0 Å². The number of hydrogen-bond acceptors (Lipinski definition) is 4. The Balaban J connectivity index is 1.79. The lowest BCUT2D eigenvalue weighted by Crippen LogP contribution is -2.44. The molecule has 0 unspecified atom stereocenters. The second-order valence-corrected chi connectivity index (χ2v) is 10.5. The highest BCUT2D eigenvalue weighted by atomic mass is 35.5. The van der Waals surface area contributed by atoms with Gasteiger partial charge in [-0.15, -0.1) is 0 Å². The molecule has 0 spiro atoms. The van der Waals surface area contributed by atoms with Gasteiger partial charge in [-0.05, 0) is 31.0 Å². The minimum atomic E-state index is -1.40. The fraction of sp³-hybridized carbons (Fsp3) is 0.235. The fourth-order valence-corrected chi connectivity index (χ4v) is 5.26. The molecule has 4 aromatic rings. The summed E-state index contributed by atoms with van der Waals surface area (Å²) in [6.07, 6.45) is -0.251. The van der Waals surface area contributed by atoms with E-state index < -0.39 is 23.3 Å². The van der Waals surface area contributed by atoms with E-state index in [1.807, 2.05) is 85.8 Å². The van der Waals surface area contributed by atoms with E-state index in [2.05, 4.69) is 0 Å². The predicted octanol–water partition coefficient (Wildman–Crippen LogP) is 6.37. The van der Waals surface area contributed by atoms with Crippen LogP contribution in [0.2, 0.25) is 5.02 Å². The first-order chi connectivity index (χ1) is 19.8. The summed E-state index contributed by atoms with van der Waals surface area (Å²) in [5, 5.41) is 0.420. The van der Waals surface area contributed by atoms with Crippen LogP contribution in [-0.2, 0) is 26.3 Å². The van der Waals surface area contributed by atoms with Crippen LogP contribution < -0.4 is 5.73 Å². The first-order valence-corrected chi connectivity index (χ1v) is 13.9. The molecule has 0 aromatic heterocycles. The number of rotatable bonds is 11. The molecule has 2 N–H and O–H groups in total. The van der Waals surface area contributed by atoms with E-state index in [4.69, 9.17) is 22.1 Å². The molecule has 0 radical (unpaired) electrons. The molecule has 4 aromatic carbocycles. The first-order valence-electron chi connectivity index (χ1n) is 13.6. The van der Waals surface area contributed by atoms with Gasteiger partial charge in [-0.1, -0.05) is 109 Å². The van der Waals surface area contributed by atoms with Crippen LogP contribution in [0.15, 0.2) is 109 Å². The minimum absolute atomic E-state index is 0.0258. The summed E-state index contributed by atoms with van der Waals surface area (Å²) in [7, 11) is 1.64. The second-order valence-electron chi connectivity index (χ2n) is 10.1. The lowest BCUT2D eigenvalue weighted by Gasteiger charge is -2.36. The van der Waals surface area contributed by atoms with Gasteiger partial charge < -0.3 is 15.4 Å². The Hall–Kier alpha value is -4.00. The van der Waals surface area contributed by atoms with Gasteiger partial charge in [0, 0.05) is 41.3 Å². The van der Waals surface area contributed by atoms with Crippen molar-refractivity contribution in [3.8, 4) is 0 Å². The normalized spacial score (nSPS) is 12.8. The summed E-state index contributed by atoms with van der Waals surface area (Å²) in [4.78, 5) is 29.1. The van der Waals surface area contributed by atoms with Gasteiger partial charge in [-0.25, -0.2) is 4.39 Å². The van der Waals surface area contributed by atoms with E-state index in [0.717, 1.165) is 0 Å². The number of nitrogens with two attached hydrogens (primary N) is 1. The molecule has 0 aliphatic heterocycles. The lowest BCUT2D eigenvalue weighted by molar-refractivity contribution is -0.157. The zero-order valence-corrected chi connectivity index (χ0v) is 23.9. The fourth-order valence-electron chi connectivity index (χ4n) is 5.00. The third kappa shape index (κ3) is 6.67. The van der Waals surface area contributed by atoms with Crippen molar-refractivity contribution < 1.29 is 18.7 Å². The molecule has 0 aliphatic carbocycles. The van der Waals surface area contributed by atoms with E-state index in [0.29, 0.717) is 27.3 Å². The highest BCUT2D eigenvalue weighted by Gasteiger charge is 2.43. The number of carbonyl (C=O) groups excluding carboxylic acids is 2. The average Bonchev–Trinajstić information content (AvgIpc) is 3.00. The van der Waals surface area contributed by atoms with Gasteiger partial charge in [0.1, 0.15) is 5.82 Å². The van der Waals surface area contributed by atoms with Gasteiger partial charge in [0.05, 0.1) is 12.3 Å². The summed E-state index contributed by atoms with van der Waals surface area (Å²) < 4.78 is 21.2. The second kappa shape index (κ2) is 13.6. The maximum absolute atomic E-state index is 14.7. The number of nitrogens with zero attached hydrogens (tertiary/aromatic N) is 1. The molecule has 2 atom stereocenters. The van der Waals surface area contributed by atoms with Crippen molar-refractivity contribution in [2.75, 3.05) is 13.6 Å². The molecule has 0 fully saturated rings. The number of amides is 1. The van der Waals surface area contributed by atoms with Gasteiger partial charge >= 0.3 is 5.97 Å². The standard InChI is InChI=1S/C34H34ClFN2O3/c1-24(23-37)38(2)33(40)26(21-25-13-9-12-20-31(25)36)22-32(39)41-34(27-14-5-3-6-15-27,28-16-7-4-8-17-28)29-18-10-11-19-30(29)35/h3-20,24,26H,21-23,37H2,1-2H3/t24-,26+/m0/s1. The van der Waals surface area contributed by atoms with E-state index >= 15 is 0 Å². The van der Waals surface area contributed by atoms with E-state index in [1.165, 1.54) is 11.0 Å². The van der Waals surface area contributed by atoms with Gasteiger partial charge in [0.15, 0.2) is 5.60 Å². The maximum Gasteiger partial charge on any atom is 0.308 e. The van der Waals surface area contributed by atoms with Gasteiger partial charge in [-0.2, -0.15) is 0 Å². The maximum atomic E-state index is 14.7. The van der Waals surface area contributed by atoms with Crippen molar-refractivity contribution in [3.63, 3.8) is 0 Å². The Morgan fingerprint density at radius 3 is 1.98 bits per heavy atom. The number of hydrogen-bond donors (Lipinski definition) is 1. The molecule has 0 bridgehead atoms. The number of benzene rings is 4. The Kier molecular flexibility index (Phi) is 9.92. The molecule has 0 aliphatic rings. The smallest absolute Gasteiger partial charge is 0.308 e. The SMILES string of the molecule is C[C@@H](CN)N(C)C(=O)[C@@H](CC(=O)OC(c1ccccc1)(c1ccccc1)c1ccccc1Cl)Cc1ccccc1F. The molecule has 0 saturated carbocycles. The van der Waals surface area contributed by atoms with Crippen LogP contribution in [0, 0.1) is 11.7 Å². The summed E-state index contributed by atoms with van der Waals surface area (Å²) in [6, 6.07) is 31.9. The lowest BCUT2D eigenvalue weighted by atomic mass is 9.80. The number of carbonyl (C=O) groups is 2. The Morgan fingerprint density at radius 2 is 1.41 bits per heavy atom. The summed E-state index contributed by atoms with van der Waals surface area (Å²) >= 11 is 6.76. The summed E-state index contributed by atoms with van der Waals surface area (Å²) in [6.45, 7) is 2.07.